The van der Waals surface area contributed by atoms with Crippen molar-refractivity contribution in [3.63, 3.8) is 0 Å². The van der Waals surface area contributed by atoms with Crippen LogP contribution in [-0.2, 0) is 0 Å². The summed E-state index contributed by atoms with van der Waals surface area (Å²) in [4.78, 5) is 2.60. The van der Waals surface area contributed by atoms with Crippen LogP contribution in [0.25, 0.3) is 10.4 Å². The minimum Gasteiger partial charge on any atom is -0.298 e. The fourth-order valence-corrected chi connectivity index (χ4v) is 1.63. The summed E-state index contributed by atoms with van der Waals surface area (Å²) in [5.74, 6) is -0.375. The molecule has 0 amide bonds. The average Bonchev–Trinajstić information content (AvgIpc) is 2.33. The molecule has 7 heteroatoms. The Morgan fingerprint density at radius 1 is 1.65 bits per heavy atom. The Morgan fingerprint density at radius 3 is 3.00 bits per heavy atom. The van der Waals surface area contributed by atoms with Gasteiger partial charge in [-0.25, -0.2) is 4.39 Å². The van der Waals surface area contributed by atoms with Crippen molar-refractivity contribution in [3.05, 3.63) is 44.5 Å². The maximum absolute atomic E-state index is 13.0. The Hall–Kier alpha value is -1.61. The maximum Gasteiger partial charge on any atom is 0.137 e. The number of hydrogen-bond donors (Lipinski definition) is 1. The number of azide groups is 1. The molecule has 0 aliphatic carbocycles. The quantitative estimate of drug-likeness (QED) is 0.392. The zero-order valence-electron chi connectivity index (χ0n) is 8.77. The number of nitrogens with zero attached hydrogens (tertiary/aromatic N) is 4. The number of nitrogens with one attached hydrogen (secondary N) is 1. The van der Waals surface area contributed by atoms with Crippen LogP contribution in [0.15, 0.2) is 27.8 Å². The Bertz CT molecular complexity index is 478. The van der Waals surface area contributed by atoms with Crippen molar-refractivity contribution in [2.45, 2.75) is 6.04 Å². The minimum absolute atomic E-state index is 0.261. The fraction of sp³-hybridized carbons (Fsp3) is 0.300. The van der Waals surface area contributed by atoms with Crippen molar-refractivity contribution >= 4 is 15.9 Å². The van der Waals surface area contributed by atoms with Crippen LogP contribution in [0.4, 0.5) is 4.39 Å². The zero-order valence-corrected chi connectivity index (χ0v) is 10.4. The third-order valence-electron chi connectivity index (χ3n) is 2.03. The summed E-state index contributed by atoms with van der Waals surface area (Å²) in [6.45, 7) is 0.647. The van der Waals surface area contributed by atoms with Gasteiger partial charge in [0.25, 0.3) is 0 Å². The van der Waals surface area contributed by atoms with E-state index in [2.05, 4.69) is 37.3 Å². The van der Waals surface area contributed by atoms with Gasteiger partial charge in [-0.2, -0.15) is 5.26 Å². The number of hydrogen-bond acceptors (Lipinski definition) is 3. The van der Waals surface area contributed by atoms with E-state index in [1.165, 1.54) is 12.1 Å². The molecule has 17 heavy (non-hydrogen) atoms. The Kier molecular flexibility index (Phi) is 5.43. The first kappa shape index (κ1) is 13.5. The van der Waals surface area contributed by atoms with E-state index in [9.17, 15) is 4.39 Å². The van der Waals surface area contributed by atoms with Crippen LogP contribution >= 0.6 is 15.9 Å². The molecule has 1 aromatic carbocycles. The summed E-state index contributed by atoms with van der Waals surface area (Å²) in [7, 11) is 0. The molecule has 0 saturated heterocycles. The van der Waals surface area contributed by atoms with Crippen LogP contribution in [0.3, 0.4) is 0 Å². The number of halogens is 2. The highest BCUT2D eigenvalue weighted by atomic mass is 79.9. The Balaban J connectivity index is 2.70. The summed E-state index contributed by atoms with van der Waals surface area (Å²) in [5, 5.41) is 15.2. The third kappa shape index (κ3) is 4.04. The second-order valence-corrected chi connectivity index (χ2v) is 4.00. The van der Waals surface area contributed by atoms with Crippen molar-refractivity contribution in [3.8, 4) is 6.07 Å². The first-order valence-electron chi connectivity index (χ1n) is 4.78. The van der Waals surface area contributed by atoms with E-state index < -0.39 is 6.04 Å². The van der Waals surface area contributed by atoms with Gasteiger partial charge in [-0.15, -0.1) is 0 Å². The molecule has 0 spiro atoms. The van der Waals surface area contributed by atoms with Gasteiger partial charge in [-0.1, -0.05) is 11.2 Å². The van der Waals surface area contributed by atoms with Crippen LogP contribution in [0.2, 0.25) is 0 Å². The SMILES string of the molecule is N#CC(NCCN=[N+]=[N-])c1ccc(F)c(Br)c1. The number of nitriles is 1. The van der Waals surface area contributed by atoms with Crippen molar-refractivity contribution in [2.24, 2.45) is 5.11 Å². The molecule has 1 N–H and O–H groups in total. The smallest absolute Gasteiger partial charge is 0.137 e. The lowest BCUT2D eigenvalue weighted by Crippen LogP contribution is -2.22. The molecule has 1 aromatic rings. The number of rotatable bonds is 5. The molecule has 1 rings (SSSR count). The highest BCUT2D eigenvalue weighted by Crippen LogP contribution is 2.20. The van der Waals surface area contributed by atoms with E-state index in [0.29, 0.717) is 16.6 Å². The van der Waals surface area contributed by atoms with Crippen LogP contribution in [0.1, 0.15) is 11.6 Å². The Morgan fingerprint density at radius 2 is 2.41 bits per heavy atom. The van der Waals surface area contributed by atoms with Crippen molar-refractivity contribution in [1.29, 1.82) is 5.26 Å². The standard InChI is InChI=1S/C10H9BrFN5/c11-8-5-7(1-2-9(8)12)10(6-13)15-3-4-16-17-14/h1-2,5,10,15H,3-4H2. The molecule has 0 saturated carbocycles. The van der Waals surface area contributed by atoms with Crippen LogP contribution in [0, 0.1) is 17.1 Å². The fourth-order valence-electron chi connectivity index (χ4n) is 1.23. The van der Waals surface area contributed by atoms with Crippen molar-refractivity contribution in [1.82, 2.24) is 5.32 Å². The third-order valence-corrected chi connectivity index (χ3v) is 2.64. The molecule has 0 aliphatic rings. The lowest BCUT2D eigenvalue weighted by molar-refractivity contribution is 0.611. The first-order valence-corrected chi connectivity index (χ1v) is 5.57. The molecular formula is C10H9BrFN5. The van der Waals surface area contributed by atoms with E-state index in [4.69, 9.17) is 10.8 Å². The van der Waals surface area contributed by atoms with Crippen LogP contribution in [-0.4, -0.2) is 13.1 Å². The van der Waals surface area contributed by atoms with E-state index >= 15 is 0 Å². The molecule has 0 aromatic heterocycles. The largest absolute Gasteiger partial charge is 0.298 e. The van der Waals surface area contributed by atoms with E-state index in [1.807, 2.05) is 0 Å². The molecule has 5 nitrogen and oxygen atoms in total. The van der Waals surface area contributed by atoms with Gasteiger partial charge >= 0.3 is 0 Å². The van der Waals surface area contributed by atoms with Crippen molar-refractivity contribution < 1.29 is 4.39 Å². The van der Waals surface area contributed by atoms with Gasteiger partial charge in [0.1, 0.15) is 11.9 Å². The normalized spacial score (nSPS) is 11.4. The molecule has 0 fully saturated rings. The highest BCUT2D eigenvalue weighted by molar-refractivity contribution is 9.10. The van der Waals surface area contributed by atoms with Gasteiger partial charge < -0.3 is 0 Å². The molecule has 88 valence electrons. The van der Waals surface area contributed by atoms with E-state index in [-0.39, 0.29) is 12.4 Å². The van der Waals surface area contributed by atoms with Crippen molar-refractivity contribution in [2.75, 3.05) is 13.1 Å². The van der Waals surface area contributed by atoms with Gasteiger partial charge in [-0.3, -0.25) is 5.32 Å². The summed E-state index contributed by atoms with van der Waals surface area (Å²) in [6, 6.07) is 5.87. The predicted molar refractivity (Wildman–Crippen MR) is 64.5 cm³/mol. The Labute approximate surface area is 106 Å². The minimum atomic E-state index is -0.555. The van der Waals surface area contributed by atoms with Gasteiger partial charge in [0, 0.05) is 18.0 Å². The second kappa shape index (κ2) is 6.86. The van der Waals surface area contributed by atoms with Gasteiger partial charge in [0.05, 0.1) is 10.5 Å². The lowest BCUT2D eigenvalue weighted by atomic mass is 10.1. The second-order valence-electron chi connectivity index (χ2n) is 3.14. The maximum atomic E-state index is 13.0. The van der Waals surface area contributed by atoms with Gasteiger partial charge in [0.2, 0.25) is 0 Å². The average molecular weight is 298 g/mol. The van der Waals surface area contributed by atoms with Crippen LogP contribution < -0.4 is 5.32 Å². The molecular weight excluding hydrogens is 289 g/mol. The molecule has 1 atom stereocenters. The lowest BCUT2D eigenvalue weighted by Gasteiger charge is -2.11. The predicted octanol–water partition coefficient (Wildman–Crippen LogP) is 3.05. The van der Waals surface area contributed by atoms with E-state index in [0.717, 1.165) is 0 Å². The first-order chi connectivity index (χ1) is 8.19. The monoisotopic (exact) mass is 297 g/mol. The summed E-state index contributed by atoms with van der Waals surface area (Å²) >= 11 is 3.06. The summed E-state index contributed by atoms with van der Waals surface area (Å²) in [5.41, 5.74) is 8.74. The summed E-state index contributed by atoms with van der Waals surface area (Å²) in [6.07, 6.45) is 0. The molecule has 0 heterocycles. The highest BCUT2D eigenvalue weighted by Gasteiger charge is 2.11. The molecule has 1 unspecified atom stereocenters. The van der Waals surface area contributed by atoms with Gasteiger partial charge in [-0.05, 0) is 39.2 Å². The number of benzene rings is 1. The molecule has 0 aliphatic heterocycles. The summed E-state index contributed by atoms with van der Waals surface area (Å²) < 4.78 is 13.3. The molecule has 0 radical (unpaired) electrons. The van der Waals surface area contributed by atoms with Gasteiger partial charge in [0.15, 0.2) is 0 Å². The zero-order chi connectivity index (χ0) is 12.7. The molecule has 0 bridgehead atoms. The van der Waals surface area contributed by atoms with Crippen LogP contribution in [0.5, 0.6) is 0 Å². The van der Waals surface area contributed by atoms with E-state index in [1.54, 1.807) is 6.07 Å². The topological polar surface area (TPSA) is 84.6 Å².